The Kier molecular flexibility index (Phi) is 5.16. The van der Waals surface area contributed by atoms with Gasteiger partial charge in [-0.3, -0.25) is 9.78 Å². The maximum atomic E-state index is 12.3. The molecule has 0 aliphatic carbocycles. The number of methoxy groups -OCH3 is 1. The maximum absolute atomic E-state index is 12.3. The summed E-state index contributed by atoms with van der Waals surface area (Å²) in [7, 11) is 1.59. The minimum absolute atomic E-state index is 0.274. The summed E-state index contributed by atoms with van der Waals surface area (Å²) in [5, 5.41) is 5.86. The van der Waals surface area contributed by atoms with E-state index in [2.05, 4.69) is 25.6 Å². The fourth-order valence-electron chi connectivity index (χ4n) is 2.19. The van der Waals surface area contributed by atoms with E-state index in [1.807, 2.05) is 36.4 Å². The second-order valence-corrected chi connectivity index (χ2v) is 5.13. The molecule has 3 aromatic rings. The summed E-state index contributed by atoms with van der Waals surface area (Å²) in [5.41, 5.74) is 1.91. The van der Waals surface area contributed by atoms with Crippen molar-refractivity contribution >= 4 is 17.5 Å². The van der Waals surface area contributed by atoms with Crippen molar-refractivity contribution in [2.24, 2.45) is 0 Å². The summed E-state index contributed by atoms with van der Waals surface area (Å²) in [6.07, 6.45) is 4.92. The molecule has 2 heterocycles. The van der Waals surface area contributed by atoms with Crippen LogP contribution in [0.5, 0.6) is 5.75 Å². The second-order valence-electron chi connectivity index (χ2n) is 5.13. The van der Waals surface area contributed by atoms with E-state index in [0.29, 0.717) is 18.2 Å². The minimum atomic E-state index is -0.283. The lowest BCUT2D eigenvalue weighted by atomic mass is 10.3. The van der Waals surface area contributed by atoms with Crippen LogP contribution in [0, 0.1) is 0 Å². The highest BCUT2D eigenvalue weighted by Gasteiger charge is 2.10. The zero-order chi connectivity index (χ0) is 17.5. The molecule has 0 unspecified atom stereocenters. The van der Waals surface area contributed by atoms with Crippen LogP contribution in [0.4, 0.5) is 11.6 Å². The molecule has 3 rings (SSSR count). The Morgan fingerprint density at radius 1 is 1.12 bits per heavy atom. The van der Waals surface area contributed by atoms with Gasteiger partial charge in [-0.25, -0.2) is 9.97 Å². The normalized spacial score (nSPS) is 10.1. The summed E-state index contributed by atoms with van der Waals surface area (Å²) >= 11 is 0. The average Bonchev–Trinajstić information content (AvgIpc) is 2.67. The molecule has 0 saturated carbocycles. The van der Waals surface area contributed by atoms with Crippen LogP contribution in [0.2, 0.25) is 0 Å². The number of para-hydroxylation sites is 2. The Hall–Kier alpha value is -3.48. The van der Waals surface area contributed by atoms with E-state index in [-0.39, 0.29) is 11.6 Å². The van der Waals surface area contributed by atoms with Crippen molar-refractivity contribution in [3.05, 3.63) is 72.3 Å². The van der Waals surface area contributed by atoms with Crippen LogP contribution in [-0.4, -0.2) is 28.0 Å². The van der Waals surface area contributed by atoms with Gasteiger partial charge in [0.1, 0.15) is 11.4 Å². The van der Waals surface area contributed by atoms with Crippen molar-refractivity contribution in [1.82, 2.24) is 20.3 Å². The van der Waals surface area contributed by atoms with Gasteiger partial charge in [0.25, 0.3) is 5.91 Å². The number of amides is 1. The van der Waals surface area contributed by atoms with E-state index in [1.165, 1.54) is 6.20 Å². The summed E-state index contributed by atoms with van der Waals surface area (Å²) < 4.78 is 5.28. The Morgan fingerprint density at radius 2 is 2.00 bits per heavy atom. The standard InChI is InChI=1S/C18H17N5O2/c1-25-16-7-3-2-6-14(16)22-18-20-10-8-15(23-18)17(24)21-12-13-5-4-9-19-11-13/h2-11H,12H2,1H3,(H,21,24)(H,20,22,23). The SMILES string of the molecule is COc1ccccc1Nc1nccc(C(=O)NCc2cccnc2)n1. The van der Waals surface area contributed by atoms with Crippen molar-refractivity contribution < 1.29 is 9.53 Å². The number of pyridine rings is 1. The predicted octanol–water partition coefficient (Wildman–Crippen LogP) is 2.55. The lowest BCUT2D eigenvalue weighted by molar-refractivity contribution is 0.0946. The Morgan fingerprint density at radius 3 is 2.80 bits per heavy atom. The Bertz CT molecular complexity index is 855. The number of rotatable bonds is 6. The second kappa shape index (κ2) is 7.87. The molecule has 0 fully saturated rings. The molecule has 7 heteroatoms. The Labute approximate surface area is 145 Å². The van der Waals surface area contributed by atoms with Crippen LogP contribution in [-0.2, 0) is 6.54 Å². The van der Waals surface area contributed by atoms with Gasteiger partial charge in [-0.05, 0) is 29.8 Å². The molecule has 0 atom stereocenters. The number of hydrogen-bond donors (Lipinski definition) is 2. The highest BCUT2D eigenvalue weighted by molar-refractivity contribution is 5.92. The summed E-state index contributed by atoms with van der Waals surface area (Å²) in [5.74, 6) is 0.699. The molecule has 0 radical (unpaired) electrons. The molecule has 2 aromatic heterocycles. The van der Waals surface area contributed by atoms with Gasteiger partial charge >= 0.3 is 0 Å². The third kappa shape index (κ3) is 4.29. The summed E-state index contributed by atoms with van der Waals surface area (Å²) in [4.78, 5) is 24.7. The van der Waals surface area contributed by atoms with Crippen LogP contribution in [0.25, 0.3) is 0 Å². The van der Waals surface area contributed by atoms with Crippen molar-refractivity contribution in [1.29, 1.82) is 0 Å². The molecule has 0 spiro atoms. The number of nitrogens with zero attached hydrogens (tertiary/aromatic N) is 3. The fraction of sp³-hybridized carbons (Fsp3) is 0.111. The Balaban J connectivity index is 1.69. The number of ether oxygens (including phenoxy) is 1. The quantitative estimate of drug-likeness (QED) is 0.720. The first-order valence-electron chi connectivity index (χ1n) is 7.66. The van der Waals surface area contributed by atoms with E-state index in [4.69, 9.17) is 4.74 Å². The van der Waals surface area contributed by atoms with E-state index < -0.39 is 0 Å². The van der Waals surface area contributed by atoms with Gasteiger partial charge < -0.3 is 15.4 Å². The average molecular weight is 335 g/mol. The first-order chi connectivity index (χ1) is 12.3. The van der Waals surface area contributed by atoms with E-state index in [9.17, 15) is 4.79 Å². The summed E-state index contributed by atoms with van der Waals surface area (Å²) in [6.45, 7) is 0.381. The lowest BCUT2D eigenvalue weighted by Gasteiger charge is -2.10. The van der Waals surface area contributed by atoms with Crippen molar-refractivity contribution in [2.75, 3.05) is 12.4 Å². The molecule has 0 aliphatic rings. The van der Waals surface area contributed by atoms with E-state index in [1.54, 1.807) is 25.6 Å². The first-order valence-corrected chi connectivity index (χ1v) is 7.66. The molecule has 126 valence electrons. The number of anilines is 2. The number of aromatic nitrogens is 3. The van der Waals surface area contributed by atoms with Gasteiger partial charge in [-0.15, -0.1) is 0 Å². The molecule has 0 aliphatic heterocycles. The zero-order valence-electron chi connectivity index (χ0n) is 13.6. The number of carbonyl (C=O) groups excluding carboxylic acids is 1. The third-order valence-corrected chi connectivity index (χ3v) is 3.42. The molecule has 0 saturated heterocycles. The lowest BCUT2D eigenvalue weighted by Crippen LogP contribution is -2.24. The molecular formula is C18H17N5O2. The minimum Gasteiger partial charge on any atom is -0.495 e. The molecule has 7 nitrogen and oxygen atoms in total. The van der Waals surface area contributed by atoms with Crippen LogP contribution >= 0.6 is 0 Å². The summed E-state index contributed by atoms with van der Waals surface area (Å²) in [6, 6.07) is 12.7. The van der Waals surface area contributed by atoms with Crippen LogP contribution in [0.1, 0.15) is 16.1 Å². The third-order valence-electron chi connectivity index (χ3n) is 3.42. The largest absolute Gasteiger partial charge is 0.495 e. The van der Waals surface area contributed by atoms with Crippen molar-refractivity contribution in [2.45, 2.75) is 6.54 Å². The molecule has 2 N–H and O–H groups in total. The molecular weight excluding hydrogens is 318 g/mol. The highest BCUT2D eigenvalue weighted by Crippen LogP contribution is 2.25. The van der Waals surface area contributed by atoms with Crippen LogP contribution in [0.15, 0.2) is 61.1 Å². The van der Waals surface area contributed by atoms with Crippen molar-refractivity contribution in [3.8, 4) is 5.75 Å². The van der Waals surface area contributed by atoms with Gasteiger partial charge in [-0.1, -0.05) is 18.2 Å². The van der Waals surface area contributed by atoms with Crippen LogP contribution < -0.4 is 15.4 Å². The van der Waals surface area contributed by atoms with Gasteiger partial charge in [-0.2, -0.15) is 0 Å². The number of nitrogens with one attached hydrogen (secondary N) is 2. The monoisotopic (exact) mass is 335 g/mol. The molecule has 1 amide bonds. The van der Waals surface area contributed by atoms with Gasteiger partial charge in [0.2, 0.25) is 5.95 Å². The van der Waals surface area contributed by atoms with Gasteiger partial charge in [0, 0.05) is 25.1 Å². The number of carbonyl (C=O) groups is 1. The number of hydrogen-bond acceptors (Lipinski definition) is 6. The maximum Gasteiger partial charge on any atom is 0.270 e. The first kappa shape index (κ1) is 16.4. The fourth-order valence-corrected chi connectivity index (χ4v) is 2.19. The van der Waals surface area contributed by atoms with E-state index >= 15 is 0 Å². The predicted molar refractivity (Wildman–Crippen MR) is 93.7 cm³/mol. The molecule has 0 bridgehead atoms. The van der Waals surface area contributed by atoms with Crippen molar-refractivity contribution in [3.63, 3.8) is 0 Å². The smallest absolute Gasteiger partial charge is 0.270 e. The molecule has 1 aromatic carbocycles. The van der Waals surface area contributed by atoms with E-state index in [0.717, 1.165) is 11.3 Å². The highest BCUT2D eigenvalue weighted by atomic mass is 16.5. The molecule has 25 heavy (non-hydrogen) atoms. The number of benzene rings is 1. The zero-order valence-corrected chi connectivity index (χ0v) is 13.6. The van der Waals surface area contributed by atoms with Gasteiger partial charge in [0.05, 0.1) is 12.8 Å². The topological polar surface area (TPSA) is 89.0 Å². The van der Waals surface area contributed by atoms with Gasteiger partial charge in [0.15, 0.2) is 0 Å². The van der Waals surface area contributed by atoms with Crippen LogP contribution in [0.3, 0.4) is 0 Å².